The number of benzene rings is 1. The van der Waals surface area contributed by atoms with E-state index in [1.54, 1.807) is 12.1 Å². The molecule has 1 aromatic carbocycles. The summed E-state index contributed by atoms with van der Waals surface area (Å²) < 4.78 is 23.2. The van der Waals surface area contributed by atoms with Crippen LogP contribution in [0.2, 0.25) is 5.02 Å². The van der Waals surface area contributed by atoms with Gasteiger partial charge in [0, 0.05) is 37.2 Å². The Morgan fingerprint density at radius 3 is 2.35 bits per heavy atom. The lowest BCUT2D eigenvalue weighted by Crippen LogP contribution is -2.52. The Morgan fingerprint density at radius 1 is 1.13 bits per heavy atom. The summed E-state index contributed by atoms with van der Waals surface area (Å²) in [5, 5.41) is 0.668. The fraction of sp³-hybridized carbons (Fsp3) is 0.562. The molecule has 2 fully saturated rings. The maximum atomic E-state index is 12.4. The normalized spacial score (nSPS) is 24.7. The van der Waals surface area contributed by atoms with Gasteiger partial charge in [0.1, 0.15) is 0 Å². The van der Waals surface area contributed by atoms with Crippen LogP contribution >= 0.6 is 11.6 Å². The second kappa shape index (κ2) is 6.79. The van der Waals surface area contributed by atoms with Gasteiger partial charge in [-0.15, -0.1) is 0 Å². The van der Waals surface area contributed by atoms with Gasteiger partial charge >= 0.3 is 0 Å². The molecule has 0 N–H and O–H groups in total. The summed E-state index contributed by atoms with van der Waals surface area (Å²) in [6.07, 6.45) is 1.11. The van der Waals surface area contributed by atoms with Gasteiger partial charge in [0.25, 0.3) is 0 Å². The van der Waals surface area contributed by atoms with E-state index in [1.807, 2.05) is 17.0 Å². The Labute approximate surface area is 142 Å². The summed E-state index contributed by atoms with van der Waals surface area (Å²) in [4.78, 5) is 16.5. The van der Waals surface area contributed by atoms with E-state index in [1.165, 1.54) is 0 Å². The van der Waals surface area contributed by atoms with Crippen LogP contribution in [0, 0.1) is 0 Å². The standard InChI is InChI=1S/C16H21ClN2O3S/c17-14-3-1-13(2-4-14)11-16(20)19-8-6-18(7-9-19)15-5-10-23(21,22)12-15/h1-4,15H,5-12H2/t15-/m1/s1. The second-order valence-corrected chi connectivity index (χ2v) is 8.94. The van der Waals surface area contributed by atoms with Crippen LogP contribution in [0.15, 0.2) is 24.3 Å². The summed E-state index contributed by atoms with van der Waals surface area (Å²) in [5.74, 6) is 0.685. The molecule has 0 saturated carbocycles. The van der Waals surface area contributed by atoms with Crippen molar-refractivity contribution >= 4 is 27.3 Å². The zero-order chi connectivity index (χ0) is 16.4. The highest BCUT2D eigenvalue weighted by molar-refractivity contribution is 7.91. The van der Waals surface area contributed by atoms with Crippen LogP contribution in [0.4, 0.5) is 0 Å². The van der Waals surface area contributed by atoms with E-state index < -0.39 is 9.84 Å². The monoisotopic (exact) mass is 356 g/mol. The predicted octanol–water partition coefficient (Wildman–Crippen LogP) is 1.21. The Hall–Kier alpha value is -1.11. The molecule has 2 aliphatic heterocycles. The number of hydrogen-bond acceptors (Lipinski definition) is 4. The lowest BCUT2D eigenvalue weighted by molar-refractivity contribution is -0.132. The minimum absolute atomic E-state index is 0.117. The smallest absolute Gasteiger partial charge is 0.227 e. The van der Waals surface area contributed by atoms with Gasteiger partial charge in [-0.3, -0.25) is 9.69 Å². The molecular formula is C16H21ClN2O3S. The third kappa shape index (κ3) is 4.25. The Kier molecular flexibility index (Phi) is 4.94. The average Bonchev–Trinajstić information content (AvgIpc) is 2.90. The molecule has 0 unspecified atom stereocenters. The molecule has 2 aliphatic rings. The summed E-state index contributed by atoms with van der Waals surface area (Å²) in [6, 6.07) is 7.47. The Bertz CT molecular complexity index is 667. The topological polar surface area (TPSA) is 57.7 Å². The minimum atomic E-state index is -2.85. The van der Waals surface area contributed by atoms with Gasteiger partial charge in [-0.05, 0) is 24.1 Å². The van der Waals surface area contributed by atoms with Crippen molar-refractivity contribution in [3.05, 3.63) is 34.9 Å². The largest absolute Gasteiger partial charge is 0.340 e. The molecule has 2 saturated heterocycles. The van der Waals surface area contributed by atoms with Gasteiger partial charge in [0.05, 0.1) is 17.9 Å². The van der Waals surface area contributed by atoms with Gasteiger partial charge in [0.2, 0.25) is 5.91 Å². The van der Waals surface area contributed by atoms with Crippen LogP contribution in [0.1, 0.15) is 12.0 Å². The van der Waals surface area contributed by atoms with Gasteiger partial charge in [-0.1, -0.05) is 23.7 Å². The first-order chi connectivity index (χ1) is 10.9. The van der Waals surface area contributed by atoms with Crippen LogP contribution in [0.5, 0.6) is 0 Å². The highest BCUT2D eigenvalue weighted by Crippen LogP contribution is 2.19. The zero-order valence-electron chi connectivity index (χ0n) is 12.9. The van der Waals surface area contributed by atoms with Crippen LogP contribution in [-0.2, 0) is 21.1 Å². The molecule has 23 heavy (non-hydrogen) atoms. The van der Waals surface area contributed by atoms with Crippen LogP contribution in [0.25, 0.3) is 0 Å². The molecule has 5 nitrogen and oxygen atoms in total. The van der Waals surface area contributed by atoms with E-state index in [9.17, 15) is 13.2 Å². The molecule has 126 valence electrons. The number of rotatable bonds is 3. The number of sulfone groups is 1. The van der Waals surface area contributed by atoms with Crippen LogP contribution in [0.3, 0.4) is 0 Å². The third-order valence-electron chi connectivity index (χ3n) is 4.66. The SMILES string of the molecule is O=C(Cc1ccc(Cl)cc1)N1CCN([C@@H]2CCS(=O)(=O)C2)CC1. The molecule has 7 heteroatoms. The van der Waals surface area contributed by atoms with Crippen molar-refractivity contribution in [2.45, 2.75) is 18.9 Å². The first-order valence-electron chi connectivity index (χ1n) is 7.90. The highest BCUT2D eigenvalue weighted by Gasteiger charge is 2.34. The lowest BCUT2D eigenvalue weighted by Gasteiger charge is -2.37. The van der Waals surface area contributed by atoms with Crippen molar-refractivity contribution in [2.24, 2.45) is 0 Å². The van der Waals surface area contributed by atoms with E-state index in [4.69, 9.17) is 11.6 Å². The molecule has 0 spiro atoms. The van der Waals surface area contributed by atoms with Gasteiger partial charge in [-0.2, -0.15) is 0 Å². The van der Waals surface area contributed by atoms with Gasteiger partial charge in [0.15, 0.2) is 9.84 Å². The fourth-order valence-electron chi connectivity index (χ4n) is 3.29. The summed E-state index contributed by atoms with van der Waals surface area (Å²) >= 11 is 5.85. The summed E-state index contributed by atoms with van der Waals surface area (Å²) in [5.41, 5.74) is 0.962. The van der Waals surface area contributed by atoms with E-state index >= 15 is 0 Å². The fourth-order valence-corrected chi connectivity index (χ4v) is 5.18. The maximum absolute atomic E-state index is 12.4. The molecule has 1 atom stereocenters. The number of piperazine rings is 1. The zero-order valence-corrected chi connectivity index (χ0v) is 14.5. The third-order valence-corrected chi connectivity index (χ3v) is 6.66. The van der Waals surface area contributed by atoms with Crippen molar-refractivity contribution in [2.75, 3.05) is 37.7 Å². The van der Waals surface area contributed by atoms with Crippen molar-refractivity contribution in [3.8, 4) is 0 Å². The number of amides is 1. The molecule has 1 amide bonds. The Morgan fingerprint density at radius 2 is 1.78 bits per heavy atom. The van der Waals surface area contributed by atoms with Gasteiger partial charge < -0.3 is 4.90 Å². The Balaban J connectivity index is 1.50. The van der Waals surface area contributed by atoms with Crippen molar-refractivity contribution < 1.29 is 13.2 Å². The van der Waals surface area contributed by atoms with Crippen LogP contribution in [-0.4, -0.2) is 67.9 Å². The number of hydrogen-bond donors (Lipinski definition) is 0. The average molecular weight is 357 g/mol. The van der Waals surface area contributed by atoms with Crippen LogP contribution < -0.4 is 0 Å². The van der Waals surface area contributed by atoms with E-state index in [-0.39, 0.29) is 17.7 Å². The molecule has 0 aromatic heterocycles. The van der Waals surface area contributed by atoms with E-state index in [0.29, 0.717) is 30.3 Å². The second-order valence-electron chi connectivity index (χ2n) is 6.28. The minimum Gasteiger partial charge on any atom is -0.340 e. The summed E-state index contributed by atoms with van der Waals surface area (Å²) in [7, 11) is -2.85. The van der Waals surface area contributed by atoms with Gasteiger partial charge in [-0.25, -0.2) is 8.42 Å². The molecule has 0 aliphatic carbocycles. The quantitative estimate of drug-likeness (QED) is 0.817. The molecular weight excluding hydrogens is 336 g/mol. The highest BCUT2D eigenvalue weighted by atomic mass is 35.5. The van der Waals surface area contributed by atoms with Crippen molar-refractivity contribution in [1.29, 1.82) is 0 Å². The van der Waals surface area contributed by atoms with Crippen molar-refractivity contribution in [1.82, 2.24) is 9.80 Å². The molecule has 0 bridgehead atoms. The van der Waals surface area contributed by atoms with E-state index in [0.717, 1.165) is 25.1 Å². The summed E-state index contributed by atoms with van der Waals surface area (Å²) in [6.45, 7) is 2.85. The first kappa shape index (κ1) is 16.7. The number of nitrogens with zero attached hydrogens (tertiary/aromatic N) is 2. The first-order valence-corrected chi connectivity index (χ1v) is 10.1. The van der Waals surface area contributed by atoms with Crippen molar-refractivity contribution in [3.63, 3.8) is 0 Å². The molecule has 3 rings (SSSR count). The lowest BCUT2D eigenvalue weighted by atomic mass is 10.1. The van der Waals surface area contributed by atoms with E-state index in [2.05, 4.69) is 4.90 Å². The number of carbonyl (C=O) groups is 1. The maximum Gasteiger partial charge on any atom is 0.227 e. The number of halogens is 1. The molecule has 2 heterocycles. The molecule has 1 aromatic rings. The predicted molar refractivity (Wildman–Crippen MR) is 90.4 cm³/mol. The molecule has 0 radical (unpaired) electrons. The number of carbonyl (C=O) groups excluding carboxylic acids is 1.